The van der Waals surface area contributed by atoms with Crippen molar-refractivity contribution in [1.29, 1.82) is 0 Å². The van der Waals surface area contributed by atoms with Crippen LogP contribution in [0, 0.1) is 0 Å². The van der Waals surface area contributed by atoms with Gasteiger partial charge in [-0.2, -0.15) is 0 Å². The smallest absolute Gasteiger partial charge is 0.306 e. The fourth-order valence-corrected chi connectivity index (χ4v) is 8.16. The molecule has 2 aromatic carbocycles. The number of hydrogen-bond donors (Lipinski definition) is 3. The number of aliphatic hydroxyl groups is 2. The minimum atomic E-state index is -2.26. The molecule has 0 spiro atoms. The third-order valence-corrected chi connectivity index (χ3v) is 16.4. The van der Waals surface area contributed by atoms with Crippen LogP contribution in [0.1, 0.15) is 148 Å². The largest absolute Gasteiger partial charge is 0.462 e. The Morgan fingerprint density at radius 2 is 1.27 bits per heavy atom. The summed E-state index contributed by atoms with van der Waals surface area (Å²) in [5.74, 6) is -1.38. The standard InChI is InChI=1S/C48H77NO9Si/c1-7-8-9-10-11-12-13-14-21-32-39(56-42(51)33-24-22-30-37-26-17-15-18-27-37)35-41(50)49-44-46(58-43(52)34-25-23-31-38-28-19-16-20-29-38)45(53)40(57-47(44)54)36-55-59(5,6)48(2,3)4/h15-20,26-29,39-40,44-47,53-54H,7-14,21-25,30-36H2,1-6H3,(H,49,50)/t39-,40+,44+,45+,46+,47?/m0/s1. The van der Waals surface area contributed by atoms with Crippen LogP contribution in [0.4, 0.5) is 0 Å². The second-order valence-electron chi connectivity index (χ2n) is 18.0. The minimum Gasteiger partial charge on any atom is -0.462 e. The Labute approximate surface area is 356 Å². The number of nitrogens with one attached hydrogen (secondary N) is 1. The number of aryl methyl sites for hydroxylation is 2. The van der Waals surface area contributed by atoms with Gasteiger partial charge in [0.25, 0.3) is 0 Å². The molecular weight excluding hydrogens is 763 g/mol. The predicted octanol–water partition coefficient (Wildman–Crippen LogP) is 9.53. The third kappa shape index (κ3) is 19.4. The van der Waals surface area contributed by atoms with E-state index in [9.17, 15) is 24.6 Å². The van der Waals surface area contributed by atoms with Crippen LogP contribution >= 0.6 is 0 Å². The Bertz CT molecular complexity index is 1470. The zero-order chi connectivity index (χ0) is 43.1. The molecule has 3 rings (SSSR count). The summed E-state index contributed by atoms with van der Waals surface area (Å²) < 4.78 is 24.0. The lowest BCUT2D eigenvalue weighted by atomic mass is 9.96. The van der Waals surface area contributed by atoms with Crippen LogP contribution in [0.25, 0.3) is 0 Å². The van der Waals surface area contributed by atoms with E-state index in [1.807, 2.05) is 48.5 Å². The monoisotopic (exact) mass is 840 g/mol. The van der Waals surface area contributed by atoms with Gasteiger partial charge in [-0.15, -0.1) is 0 Å². The molecule has 2 aromatic rings. The van der Waals surface area contributed by atoms with E-state index in [1.54, 1.807) is 0 Å². The molecule has 10 nitrogen and oxygen atoms in total. The van der Waals surface area contributed by atoms with Crippen LogP contribution < -0.4 is 5.32 Å². The number of carbonyl (C=O) groups is 3. The van der Waals surface area contributed by atoms with Gasteiger partial charge >= 0.3 is 11.9 Å². The van der Waals surface area contributed by atoms with E-state index in [1.165, 1.54) is 43.2 Å². The molecule has 1 saturated heterocycles. The lowest BCUT2D eigenvalue weighted by Crippen LogP contribution is -2.66. The Balaban J connectivity index is 1.65. The molecule has 1 aliphatic heterocycles. The van der Waals surface area contributed by atoms with Gasteiger partial charge in [-0.25, -0.2) is 0 Å². The number of ether oxygens (including phenoxy) is 3. The van der Waals surface area contributed by atoms with Crippen molar-refractivity contribution in [1.82, 2.24) is 5.32 Å². The van der Waals surface area contributed by atoms with Gasteiger partial charge in [0.2, 0.25) is 5.91 Å². The van der Waals surface area contributed by atoms with E-state index < -0.39 is 56.9 Å². The maximum atomic E-state index is 13.7. The quantitative estimate of drug-likeness (QED) is 0.0434. The number of amides is 1. The molecule has 59 heavy (non-hydrogen) atoms. The van der Waals surface area contributed by atoms with E-state index in [0.29, 0.717) is 19.3 Å². The first kappa shape index (κ1) is 50.3. The maximum Gasteiger partial charge on any atom is 0.306 e. The van der Waals surface area contributed by atoms with E-state index >= 15 is 0 Å². The fraction of sp³-hybridized carbons (Fsp3) is 0.688. The Morgan fingerprint density at radius 3 is 1.81 bits per heavy atom. The van der Waals surface area contributed by atoms with Crippen LogP contribution in [0.3, 0.4) is 0 Å². The maximum absolute atomic E-state index is 13.7. The molecule has 0 radical (unpaired) electrons. The van der Waals surface area contributed by atoms with Crippen LogP contribution in [-0.4, -0.2) is 79.7 Å². The van der Waals surface area contributed by atoms with Crippen molar-refractivity contribution in [2.75, 3.05) is 6.61 Å². The molecule has 1 amide bonds. The van der Waals surface area contributed by atoms with Gasteiger partial charge in [-0.1, -0.05) is 140 Å². The summed E-state index contributed by atoms with van der Waals surface area (Å²) in [6.07, 6.45) is 9.65. The van der Waals surface area contributed by atoms with Gasteiger partial charge in [0.15, 0.2) is 20.7 Å². The molecule has 1 heterocycles. The highest BCUT2D eigenvalue weighted by Gasteiger charge is 2.49. The van der Waals surface area contributed by atoms with E-state index in [0.717, 1.165) is 51.4 Å². The Kier molecular flexibility index (Phi) is 23.0. The van der Waals surface area contributed by atoms with Gasteiger partial charge in [-0.05, 0) is 80.6 Å². The highest BCUT2D eigenvalue weighted by atomic mass is 28.4. The molecule has 11 heteroatoms. The fourth-order valence-electron chi connectivity index (χ4n) is 7.15. The summed E-state index contributed by atoms with van der Waals surface area (Å²) in [5.41, 5.74) is 2.40. The normalized spacial score (nSPS) is 20.2. The van der Waals surface area contributed by atoms with Gasteiger partial charge in [0, 0.05) is 12.8 Å². The third-order valence-electron chi connectivity index (χ3n) is 11.9. The van der Waals surface area contributed by atoms with Crippen molar-refractivity contribution in [3.63, 3.8) is 0 Å². The molecule has 0 aliphatic carbocycles. The first-order chi connectivity index (χ1) is 28.2. The summed E-state index contributed by atoms with van der Waals surface area (Å²) in [4.78, 5) is 40.1. The highest BCUT2D eigenvalue weighted by molar-refractivity contribution is 6.74. The molecule has 6 atom stereocenters. The highest BCUT2D eigenvalue weighted by Crippen LogP contribution is 2.37. The number of hydrogen-bond acceptors (Lipinski definition) is 9. The van der Waals surface area contributed by atoms with Gasteiger partial charge in [-0.3, -0.25) is 14.4 Å². The van der Waals surface area contributed by atoms with Crippen LogP contribution in [0.2, 0.25) is 18.1 Å². The molecule has 1 fully saturated rings. The van der Waals surface area contributed by atoms with Crippen molar-refractivity contribution in [3.8, 4) is 0 Å². The van der Waals surface area contributed by atoms with Crippen molar-refractivity contribution >= 4 is 26.2 Å². The van der Waals surface area contributed by atoms with Crippen molar-refractivity contribution in [2.24, 2.45) is 0 Å². The lowest BCUT2D eigenvalue weighted by Gasteiger charge is -2.44. The zero-order valence-electron chi connectivity index (χ0n) is 37.1. The molecule has 0 bridgehead atoms. The van der Waals surface area contributed by atoms with E-state index in [4.69, 9.17) is 18.6 Å². The topological polar surface area (TPSA) is 141 Å². The molecule has 1 aliphatic rings. The van der Waals surface area contributed by atoms with Gasteiger partial charge < -0.3 is 34.2 Å². The Hall–Kier alpha value is -3.09. The van der Waals surface area contributed by atoms with Crippen LogP contribution in [0.15, 0.2) is 60.7 Å². The van der Waals surface area contributed by atoms with Crippen LogP contribution in [0.5, 0.6) is 0 Å². The number of esters is 2. The Morgan fingerprint density at radius 1 is 0.746 bits per heavy atom. The number of aliphatic hydroxyl groups excluding tert-OH is 2. The van der Waals surface area contributed by atoms with E-state index in [2.05, 4.69) is 58.2 Å². The lowest BCUT2D eigenvalue weighted by molar-refractivity contribution is -0.258. The molecule has 0 saturated carbocycles. The summed E-state index contributed by atoms with van der Waals surface area (Å²) in [6.45, 7) is 12.7. The number of unbranched alkanes of at least 4 members (excludes halogenated alkanes) is 10. The van der Waals surface area contributed by atoms with Crippen LogP contribution in [-0.2, 0) is 45.9 Å². The average Bonchev–Trinajstić information content (AvgIpc) is 3.20. The van der Waals surface area contributed by atoms with Crippen molar-refractivity contribution < 1.29 is 43.2 Å². The first-order valence-electron chi connectivity index (χ1n) is 22.6. The second-order valence-corrected chi connectivity index (χ2v) is 22.8. The average molecular weight is 840 g/mol. The molecule has 3 N–H and O–H groups in total. The predicted molar refractivity (Wildman–Crippen MR) is 236 cm³/mol. The number of rotatable bonds is 28. The minimum absolute atomic E-state index is 0.0113. The summed E-state index contributed by atoms with van der Waals surface area (Å²) >= 11 is 0. The first-order valence-corrected chi connectivity index (χ1v) is 25.5. The zero-order valence-corrected chi connectivity index (χ0v) is 38.1. The molecule has 0 aromatic heterocycles. The number of benzene rings is 2. The second kappa shape index (κ2) is 27.0. The van der Waals surface area contributed by atoms with Gasteiger partial charge in [0.05, 0.1) is 13.0 Å². The number of carbonyl (C=O) groups excluding carboxylic acids is 3. The SMILES string of the molecule is CCCCCCCCCCC[C@@H](CC(=O)N[C@H]1C(O)O[C@H](CO[Si](C)(C)C(C)(C)C)[C@@H](O)[C@@H]1OC(=O)CCCCc1ccccc1)OC(=O)CCCCc1ccccc1. The molecule has 1 unspecified atom stereocenters. The molecular formula is C48H77NO9Si. The van der Waals surface area contributed by atoms with E-state index in [-0.39, 0.29) is 36.9 Å². The summed E-state index contributed by atoms with van der Waals surface area (Å²) in [6, 6.07) is 18.9. The van der Waals surface area contributed by atoms with Crippen molar-refractivity contribution in [3.05, 3.63) is 71.8 Å². The van der Waals surface area contributed by atoms with Gasteiger partial charge in [0.1, 0.15) is 24.4 Å². The molecule has 332 valence electrons. The van der Waals surface area contributed by atoms with Crippen molar-refractivity contribution in [2.45, 2.75) is 205 Å². The summed E-state index contributed by atoms with van der Waals surface area (Å²) in [5, 5.41) is 25.6. The summed E-state index contributed by atoms with van der Waals surface area (Å²) in [7, 11) is -2.26.